The fraction of sp³-hybridized carbons (Fsp3) is 0.294. The van der Waals surface area contributed by atoms with Gasteiger partial charge in [0.2, 0.25) is 0 Å². The molecule has 0 spiro atoms. The average molecular weight is 271 g/mol. The summed E-state index contributed by atoms with van der Waals surface area (Å²) in [6, 6.07) is 11.7. The van der Waals surface area contributed by atoms with Crippen molar-refractivity contribution in [1.82, 2.24) is 0 Å². The van der Waals surface area contributed by atoms with Crippen molar-refractivity contribution >= 4 is 5.69 Å². The zero-order valence-corrected chi connectivity index (χ0v) is 11.7. The predicted octanol–water partition coefficient (Wildman–Crippen LogP) is 4.24. The number of nitrogens with one attached hydrogen (secondary N) is 1. The van der Waals surface area contributed by atoms with Crippen LogP contribution in [0.4, 0.5) is 10.1 Å². The third kappa shape index (κ3) is 2.36. The van der Waals surface area contributed by atoms with Gasteiger partial charge in [0.15, 0.2) is 0 Å². The molecule has 0 fully saturated rings. The van der Waals surface area contributed by atoms with Gasteiger partial charge in [-0.2, -0.15) is 0 Å². The molecular weight excluding hydrogens is 253 g/mol. The van der Waals surface area contributed by atoms with Crippen LogP contribution in [0.25, 0.3) is 0 Å². The van der Waals surface area contributed by atoms with E-state index in [1.54, 1.807) is 26.2 Å². The summed E-state index contributed by atoms with van der Waals surface area (Å²) < 4.78 is 18.9. The van der Waals surface area contributed by atoms with E-state index in [4.69, 9.17) is 4.74 Å². The maximum absolute atomic E-state index is 13.6. The second-order valence-corrected chi connectivity index (χ2v) is 5.26. The number of ether oxygens (including phenoxy) is 1. The molecular formula is C17H18FNO. The van der Waals surface area contributed by atoms with E-state index in [1.807, 2.05) is 12.1 Å². The van der Waals surface area contributed by atoms with Crippen LogP contribution in [0.5, 0.6) is 5.75 Å². The predicted molar refractivity (Wildman–Crippen MR) is 78.8 cm³/mol. The quantitative estimate of drug-likeness (QED) is 0.901. The first-order chi connectivity index (χ1) is 9.67. The molecule has 0 bridgehead atoms. The Kier molecular flexibility index (Phi) is 3.35. The van der Waals surface area contributed by atoms with E-state index in [-0.39, 0.29) is 11.9 Å². The molecule has 3 heteroatoms. The molecule has 0 saturated heterocycles. The minimum atomic E-state index is -0.168. The maximum Gasteiger partial charge on any atom is 0.128 e. The molecule has 0 aromatic heterocycles. The van der Waals surface area contributed by atoms with Gasteiger partial charge in [-0.05, 0) is 60.7 Å². The molecule has 2 aromatic rings. The van der Waals surface area contributed by atoms with Crippen LogP contribution in [0.3, 0.4) is 0 Å². The molecule has 0 heterocycles. The molecule has 0 radical (unpaired) electrons. The lowest BCUT2D eigenvalue weighted by Crippen LogP contribution is -2.07. The van der Waals surface area contributed by atoms with Crippen molar-refractivity contribution in [2.24, 2.45) is 0 Å². The van der Waals surface area contributed by atoms with Gasteiger partial charge in [-0.1, -0.05) is 12.1 Å². The van der Waals surface area contributed by atoms with Crippen LogP contribution >= 0.6 is 0 Å². The lowest BCUT2D eigenvalue weighted by molar-refractivity contribution is 0.414. The molecule has 1 N–H and O–H groups in total. The highest BCUT2D eigenvalue weighted by Gasteiger charge is 2.23. The van der Waals surface area contributed by atoms with Gasteiger partial charge >= 0.3 is 0 Å². The third-order valence-electron chi connectivity index (χ3n) is 3.94. The normalized spacial score (nSPS) is 16.9. The number of halogens is 1. The Balaban J connectivity index is 1.85. The summed E-state index contributed by atoms with van der Waals surface area (Å²) in [5.74, 6) is 0.700. The first-order valence-corrected chi connectivity index (χ1v) is 6.87. The van der Waals surface area contributed by atoms with Crippen LogP contribution in [-0.2, 0) is 6.42 Å². The molecule has 1 atom stereocenters. The molecule has 1 aliphatic rings. The largest absolute Gasteiger partial charge is 0.497 e. The number of aryl methyl sites for hydroxylation is 2. The lowest BCUT2D eigenvalue weighted by Gasteiger charge is -2.16. The second kappa shape index (κ2) is 5.16. The van der Waals surface area contributed by atoms with Crippen LogP contribution in [0.2, 0.25) is 0 Å². The zero-order chi connectivity index (χ0) is 14.1. The highest BCUT2D eigenvalue weighted by Crippen LogP contribution is 2.36. The third-order valence-corrected chi connectivity index (χ3v) is 3.94. The molecule has 1 aliphatic carbocycles. The van der Waals surface area contributed by atoms with Crippen molar-refractivity contribution in [3.05, 3.63) is 58.9 Å². The molecule has 2 aromatic carbocycles. The van der Waals surface area contributed by atoms with Crippen molar-refractivity contribution in [3.63, 3.8) is 0 Å². The van der Waals surface area contributed by atoms with E-state index < -0.39 is 0 Å². The van der Waals surface area contributed by atoms with Crippen LogP contribution in [0, 0.1) is 12.7 Å². The minimum absolute atomic E-state index is 0.168. The van der Waals surface area contributed by atoms with E-state index in [0.717, 1.165) is 24.3 Å². The first-order valence-electron chi connectivity index (χ1n) is 6.87. The molecule has 0 amide bonds. The van der Waals surface area contributed by atoms with Gasteiger partial charge in [0.25, 0.3) is 0 Å². The highest BCUT2D eigenvalue weighted by molar-refractivity contribution is 5.50. The zero-order valence-electron chi connectivity index (χ0n) is 11.7. The summed E-state index contributed by atoms with van der Waals surface area (Å²) in [4.78, 5) is 0. The van der Waals surface area contributed by atoms with E-state index in [1.165, 1.54) is 11.1 Å². The minimum Gasteiger partial charge on any atom is -0.497 e. The van der Waals surface area contributed by atoms with E-state index >= 15 is 0 Å². The number of anilines is 1. The summed E-state index contributed by atoms with van der Waals surface area (Å²) in [5.41, 5.74) is 4.10. The number of methoxy groups -OCH3 is 1. The smallest absolute Gasteiger partial charge is 0.128 e. The Bertz CT molecular complexity index is 639. The van der Waals surface area contributed by atoms with E-state index in [9.17, 15) is 4.39 Å². The van der Waals surface area contributed by atoms with Crippen molar-refractivity contribution in [3.8, 4) is 5.75 Å². The SMILES string of the molecule is COc1ccc2c(c1)C(Nc1ccc(C)c(F)c1)CC2. The molecule has 104 valence electrons. The monoisotopic (exact) mass is 271 g/mol. The number of rotatable bonds is 3. The Morgan fingerprint density at radius 1 is 1.20 bits per heavy atom. The number of hydrogen-bond donors (Lipinski definition) is 1. The fourth-order valence-electron chi connectivity index (χ4n) is 2.74. The number of benzene rings is 2. The number of fused-ring (bicyclic) bond motifs is 1. The van der Waals surface area contributed by atoms with Crippen LogP contribution in [0.15, 0.2) is 36.4 Å². The molecule has 3 rings (SSSR count). The van der Waals surface area contributed by atoms with Crippen LogP contribution in [-0.4, -0.2) is 7.11 Å². The summed E-state index contributed by atoms with van der Waals surface area (Å²) in [7, 11) is 1.68. The highest BCUT2D eigenvalue weighted by atomic mass is 19.1. The summed E-state index contributed by atoms with van der Waals surface area (Å²) in [6.07, 6.45) is 2.07. The van der Waals surface area contributed by atoms with Gasteiger partial charge in [0.1, 0.15) is 11.6 Å². The van der Waals surface area contributed by atoms with Gasteiger partial charge in [0.05, 0.1) is 13.2 Å². The topological polar surface area (TPSA) is 21.3 Å². The van der Waals surface area contributed by atoms with Crippen molar-refractivity contribution in [1.29, 1.82) is 0 Å². The maximum atomic E-state index is 13.6. The van der Waals surface area contributed by atoms with Gasteiger partial charge < -0.3 is 10.1 Å². The van der Waals surface area contributed by atoms with Gasteiger partial charge in [-0.15, -0.1) is 0 Å². The van der Waals surface area contributed by atoms with Gasteiger partial charge in [-0.3, -0.25) is 0 Å². The van der Waals surface area contributed by atoms with Crippen LogP contribution in [0.1, 0.15) is 29.2 Å². The van der Waals surface area contributed by atoms with Gasteiger partial charge in [-0.25, -0.2) is 4.39 Å². The van der Waals surface area contributed by atoms with E-state index in [0.29, 0.717) is 5.56 Å². The second-order valence-electron chi connectivity index (χ2n) is 5.26. The van der Waals surface area contributed by atoms with Gasteiger partial charge in [0, 0.05) is 5.69 Å². The molecule has 1 unspecified atom stereocenters. The van der Waals surface area contributed by atoms with Crippen LogP contribution < -0.4 is 10.1 Å². The number of hydrogen-bond acceptors (Lipinski definition) is 2. The standard InChI is InChI=1S/C17H18FNO/c1-11-3-6-13(9-16(11)18)19-17-8-5-12-4-7-14(20-2)10-15(12)17/h3-4,6-7,9-10,17,19H,5,8H2,1-2H3. The summed E-state index contributed by atoms with van der Waals surface area (Å²) in [6.45, 7) is 1.77. The van der Waals surface area contributed by atoms with Crippen molar-refractivity contribution in [2.75, 3.05) is 12.4 Å². The molecule has 0 aliphatic heterocycles. The molecule has 20 heavy (non-hydrogen) atoms. The first kappa shape index (κ1) is 13.0. The fourth-order valence-corrected chi connectivity index (χ4v) is 2.74. The average Bonchev–Trinajstić information content (AvgIpc) is 2.85. The Labute approximate surface area is 118 Å². The lowest BCUT2D eigenvalue weighted by atomic mass is 10.1. The molecule has 2 nitrogen and oxygen atoms in total. The Morgan fingerprint density at radius 2 is 2.05 bits per heavy atom. The summed E-state index contributed by atoms with van der Waals surface area (Å²) >= 11 is 0. The summed E-state index contributed by atoms with van der Waals surface area (Å²) in [5, 5.41) is 3.42. The van der Waals surface area contributed by atoms with E-state index in [2.05, 4.69) is 17.4 Å². The molecule has 0 saturated carbocycles. The Morgan fingerprint density at radius 3 is 2.80 bits per heavy atom. The van der Waals surface area contributed by atoms with Crippen molar-refractivity contribution in [2.45, 2.75) is 25.8 Å². The Hall–Kier alpha value is -2.03. The van der Waals surface area contributed by atoms with Crippen molar-refractivity contribution < 1.29 is 9.13 Å².